The molecule has 0 radical (unpaired) electrons. The minimum Gasteiger partial charge on any atom is -0.505 e. The van der Waals surface area contributed by atoms with E-state index in [0.29, 0.717) is 16.7 Å². The summed E-state index contributed by atoms with van der Waals surface area (Å²) >= 11 is 0. The zero-order valence-corrected chi connectivity index (χ0v) is 18.3. The Kier molecular flexibility index (Phi) is 4.57. The Morgan fingerprint density at radius 2 is 1.47 bits per heavy atom. The molecule has 0 aliphatic heterocycles. The highest BCUT2D eigenvalue weighted by atomic mass is 16.3. The second kappa shape index (κ2) is 6.87. The SMILES string of the molecule is Cc1ccc(-c2ccc3nn(-c4cc(C)cc(C(C)(C)C)c4O)nc3c2O)c(C)c1. The molecule has 0 unspecified atom stereocenters. The van der Waals surface area contributed by atoms with Crippen molar-refractivity contribution < 1.29 is 10.2 Å². The number of phenolic OH excluding ortho intramolecular Hbond substituents is 2. The molecule has 0 amide bonds. The van der Waals surface area contributed by atoms with Crippen LogP contribution in [-0.4, -0.2) is 25.2 Å². The lowest BCUT2D eigenvalue weighted by Gasteiger charge is -2.22. The van der Waals surface area contributed by atoms with E-state index in [4.69, 9.17) is 0 Å². The van der Waals surface area contributed by atoms with Crippen LogP contribution in [0.2, 0.25) is 0 Å². The Labute approximate surface area is 176 Å². The molecule has 0 bridgehead atoms. The van der Waals surface area contributed by atoms with E-state index in [0.717, 1.165) is 27.8 Å². The van der Waals surface area contributed by atoms with Gasteiger partial charge in [0.15, 0.2) is 11.3 Å². The number of aromatic nitrogens is 3. The number of hydrogen-bond acceptors (Lipinski definition) is 4. The van der Waals surface area contributed by atoms with Gasteiger partial charge in [0.25, 0.3) is 0 Å². The maximum Gasteiger partial charge on any atom is 0.155 e. The summed E-state index contributed by atoms with van der Waals surface area (Å²) in [7, 11) is 0. The van der Waals surface area contributed by atoms with Crippen LogP contribution in [-0.2, 0) is 5.41 Å². The molecule has 0 spiro atoms. The molecule has 3 aromatic carbocycles. The fourth-order valence-corrected chi connectivity index (χ4v) is 3.89. The van der Waals surface area contributed by atoms with E-state index in [9.17, 15) is 10.2 Å². The standard InChI is InChI=1S/C25H27N3O2/c1-14-7-8-17(16(3)11-14)18-9-10-20-22(23(18)29)27-28(26-20)21-13-15(2)12-19(24(21)30)25(4,5)6/h7-13,29-30H,1-6H3. The highest BCUT2D eigenvalue weighted by Crippen LogP contribution is 2.39. The summed E-state index contributed by atoms with van der Waals surface area (Å²) in [6, 6.07) is 13.7. The van der Waals surface area contributed by atoms with Gasteiger partial charge in [-0.3, -0.25) is 0 Å². The van der Waals surface area contributed by atoms with Crippen molar-refractivity contribution in [3.8, 4) is 28.3 Å². The van der Waals surface area contributed by atoms with Crippen molar-refractivity contribution >= 4 is 11.0 Å². The van der Waals surface area contributed by atoms with Gasteiger partial charge in [-0.25, -0.2) is 0 Å². The molecule has 1 aromatic heterocycles. The van der Waals surface area contributed by atoms with Crippen LogP contribution in [0.1, 0.15) is 43.0 Å². The van der Waals surface area contributed by atoms with Gasteiger partial charge in [0, 0.05) is 11.1 Å². The molecule has 154 valence electrons. The lowest BCUT2D eigenvalue weighted by molar-refractivity contribution is 0.440. The predicted octanol–water partition coefficient (Wildman–Crippen LogP) is 5.72. The molecule has 5 heteroatoms. The Bertz CT molecular complexity index is 1280. The summed E-state index contributed by atoms with van der Waals surface area (Å²) in [5.74, 6) is 0.247. The van der Waals surface area contributed by atoms with E-state index in [-0.39, 0.29) is 16.9 Å². The first kappa shape index (κ1) is 20.0. The van der Waals surface area contributed by atoms with Crippen molar-refractivity contribution in [2.24, 2.45) is 0 Å². The normalized spacial score (nSPS) is 11.9. The van der Waals surface area contributed by atoms with Crippen LogP contribution in [0, 0.1) is 20.8 Å². The first-order chi connectivity index (χ1) is 14.1. The van der Waals surface area contributed by atoms with E-state index in [1.54, 1.807) is 0 Å². The Balaban J connectivity index is 1.90. The maximum absolute atomic E-state index is 11.0. The molecule has 0 atom stereocenters. The van der Waals surface area contributed by atoms with Crippen LogP contribution in [0.3, 0.4) is 0 Å². The topological polar surface area (TPSA) is 71.2 Å². The second-order valence-corrected chi connectivity index (χ2v) is 9.07. The van der Waals surface area contributed by atoms with E-state index in [2.05, 4.69) is 37.0 Å². The number of hydrogen-bond donors (Lipinski definition) is 2. The van der Waals surface area contributed by atoms with Gasteiger partial charge in [-0.2, -0.15) is 0 Å². The van der Waals surface area contributed by atoms with E-state index < -0.39 is 0 Å². The van der Waals surface area contributed by atoms with Gasteiger partial charge in [-0.1, -0.05) is 50.6 Å². The predicted molar refractivity (Wildman–Crippen MR) is 121 cm³/mol. The van der Waals surface area contributed by atoms with Crippen molar-refractivity contribution in [1.29, 1.82) is 0 Å². The molecule has 4 rings (SSSR count). The fourth-order valence-electron chi connectivity index (χ4n) is 3.89. The molecule has 0 aliphatic carbocycles. The zero-order valence-electron chi connectivity index (χ0n) is 18.3. The molecule has 0 saturated carbocycles. The number of phenols is 2. The van der Waals surface area contributed by atoms with Gasteiger partial charge in [0.05, 0.1) is 0 Å². The molecule has 5 nitrogen and oxygen atoms in total. The molecule has 30 heavy (non-hydrogen) atoms. The summed E-state index contributed by atoms with van der Waals surface area (Å²) in [5, 5.41) is 31.0. The summed E-state index contributed by atoms with van der Waals surface area (Å²) < 4.78 is 0. The first-order valence-corrected chi connectivity index (χ1v) is 10.1. The van der Waals surface area contributed by atoms with Crippen LogP contribution in [0.25, 0.3) is 27.8 Å². The molecule has 4 aromatic rings. The van der Waals surface area contributed by atoms with Gasteiger partial charge >= 0.3 is 0 Å². The van der Waals surface area contributed by atoms with Gasteiger partial charge in [0.1, 0.15) is 17.0 Å². The second-order valence-electron chi connectivity index (χ2n) is 9.07. The number of aromatic hydroxyl groups is 2. The number of fused-ring (bicyclic) bond motifs is 1. The van der Waals surface area contributed by atoms with Crippen molar-refractivity contribution in [2.45, 2.75) is 47.0 Å². The van der Waals surface area contributed by atoms with Crippen LogP contribution in [0.5, 0.6) is 11.5 Å². The van der Waals surface area contributed by atoms with Crippen LogP contribution < -0.4 is 0 Å². The van der Waals surface area contributed by atoms with Gasteiger partial charge in [-0.15, -0.1) is 15.0 Å². The maximum atomic E-state index is 11.0. The third-order valence-electron chi connectivity index (χ3n) is 5.46. The highest BCUT2D eigenvalue weighted by Gasteiger charge is 2.23. The van der Waals surface area contributed by atoms with Crippen molar-refractivity contribution in [1.82, 2.24) is 15.0 Å². The quantitative estimate of drug-likeness (QED) is 0.450. The van der Waals surface area contributed by atoms with Crippen LogP contribution in [0.15, 0.2) is 42.5 Å². The summed E-state index contributed by atoms with van der Waals surface area (Å²) in [4.78, 5) is 1.41. The average molecular weight is 402 g/mol. The fraction of sp³-hybridized carbons (Fsp3) is 0.280. The molecule has 0 saturated heterocycles. The highest BCUT2D eigenvalue weighted by molar-refractivity contribution is 5.90. The third-order valence-corrected chi connectivity index (χ3v) is 5.46. The van der Waals surface area contributed by atoms with Crippen molar-refractivity contribution in [2.75, 3.05) is 0 Å². The van der Waals surface area contributed by atoms with Crippen molar-refractivity contribution in [3.05, 3.63) is 64.7 Å². The minimum absolute atomic E-state index is 0.0916. The summed E-state index contributed by atoms with van der Waals surface area (Å²) in [5.41, 5.74) is 7.03. The molecule has 0 aliphatic rings. The van der Waals surface area contributed by atoms with Gasteiger partial charge in [-0.05, 0) is 61.1 Å². The lowest BCUT2D eigenvalue weighted by Crippen LogP contribution is -2.13. The largest absolute Gasteiger partial charge is 0.505 e. The van der Waals surface area contributed by atoms with Gasteiger partial charge < -0.3 is 10.2 Å². The molecular weight excluding hydrogens is 374 g/mol. The number of nitrogens with zero attached hydrogens (tertiary/aromatic N) is 3. The molecule has 0 fully saturated rings. The zero-order chi connectivity index (χ0) is 21.8. The van der Waals surface area contributed by atoms with E-state index in [1.165, 1.54) is 10.4 Å². The van der Waals surface area contributed by atoms with Crippen LogP contribution in [0.4, 0.5) is 0 Å². The smallest absolute Gasteiger partial charge is 0.155 e. The lowest BCUT2D eigenvalue weighted by atomic mass is 9.85. The molecule has 1 heterocycles. The van der Waals surface area contributed by atoms with Crippen LogP contribution >= 0.6 is 0 Å². The Morgan fingerprint density at radius 1 is 0.767 bits per heavy atom. The minimum atomic E-state index is -0.226. The Hall–Kier alpha value is -3.34. The summed E-state index contributed by atoms with van der Waals surface area (Å²) in [6.45, 7) is 12.2. The molecule has 2 N–H and O–H groups in total. The van der Waals surface area contributed by atoms with E-state index >= 15 is 0 Å². The Morgan fingerprint density at radius 3 is 2.13 bits per heavy atom. The monoisotopic (exact) mass is 401 g/mol. The first-order valence-electron chi connectivity index (χ1n) is 10.1. The van der Waals surface area contributed by atoms with E-state index in [1.807, 2.05) is 57.2 Å². The van der Waals surface area contributed by atoms with Gasteiger partial charge in [0.2, 0.25) is 0 Å². The average Bonchev–Trinajstić information content (AvgIpc) is 3.08. The summed E-state index contributed by atoms with van der Waals surface area (Å²) in [6.07, 6.45) is 0. The molecular formula is C25H27N3O2. The van der Waals surface area contributed by atoms with Crippen molar-refractivity contribution in [3.63, 3.8) is 0 Å². The number of benzene rings is 3. The number of rotatable bonds is 2. The third kappa shape index (κ3) is 3.30. The number of aryl methyl sites for hydroxylation is 3.